The quantitative estimate of drug-likeness (QED) is 0.212. The van der Waals surface area contributed by atoms with Crippen LogP contribution in [-0.4, -0.2) is 50.1 Å². The standard InChI is InChI=1S/C30H31F2NO8/c1-16(13-23(35)28-29(41-18(3)34)24(37-4)11-12-33-28)30(36)40-17(2)27(19-7-9-21(31)25(14-19)38-5)20-8-10-22(32)26(15-20)39-6/h7-12,14-17,27H,13H2,1-6H3/t16-,17+/m1/s1. The maximum Gasteiger partial charge on any atom is 0.309 e. The van der Waals surface area contributed by atoms with Crippen molar-refractivity contribution in [2.45, 2.75) is 39.2 Å². The average Bonchev–Trinajstić information content (AvgIpc) is 2.94. The van der Waals surface area contributed by atoms with Gasteiger partial charge in [0.25, 0.3) is 0 Å². The number of hydrogen-bond acceptors (Lipinski definition) is 9. The molecule has 1 aromatic heterocycles. The highest BCUT2D eigenvalue weighted by molar-refractivity contribution is 5.99. The van der Waals surface area contributed by atoms with Crippen molar-refractivity contribution in [2.75, 3.05) is 21.3 Å². The molecule has 0 N–H and O–H groups in total. The van der Waals surface area contributed by atoms with Gasteiger partial charge in [0.2, 0.25) is 5.75 Å². The third-order valence-electron chi connectivity index (χ3n) is 6.33. The fraction of sp³-hybridized carbons (Fsp3) is 0.333. The first kappa shape index (κ1) is 31.0. The molecule has 0 spiro atoms. The van der Waals surface area contributed by atoms with Crippen LogP contribution in [0.5, 0.6) is 23.0 Å². The lowest BCUT2D eigenvalue weighted by atomic mass is 9.86. The molecule has 1 heterocycles. The van der Waals surface area contributed by atoms with E-state index in [1.165, 1.54) is 83.8 Å². The van der Waals surface area contributed by atoms with Crippen LogP contribution < -0.4 is 18.9 Å². The second-order valence-electron chi connectivity index (χ2n) is 9.22. The molecule has 0 amide bonds. The number of hydrogen-bond donors (Lipinski definition) is 0. The summed E-state index contributed by atoms with van der Waals surface area (Å²) in [6.07, 6.45) is 0.166. The molecular formula is C30H31F2NO8. The van der Waals surface area contributed by atoms with E-state index in [4.69, 9.17) is 23.7 Å². The minimum Gasteiger partial charge on any atom is -0.494 e. The van der Waals surface area contributed by atoms with Crippen LogP contribution in [-0.2, 0) is 14.3 Å². The number of benzene rings is 2. The molecule has 0 saturated carbocycles. The number of esters is 2. The summed E-state index contributed by atoms with van der Waals surface area (Å²) in [6.45, 7) is 4.31. The molecule has 9 nitrogen and oxygen atoms in total. The van der Waals surface area contributed by atoms with Gasteiger partial charge in [-0.3, -0.25) is 14.4 Å². The molecule has 0 unspecified atom stereocenters. The number of rotatable bonds is 12. The largest absolute Gasteiger partial charge is 0.494 e. The molecule has 0 radical (unpaired) electrons. The van der Waals surface area contributed by atoms with E-state index >= 15 is 0 Å². The van der Waals surface area contributed by atoms with Gasteiger partial charge in [0.05, 0.1) is 27.2 Å². The molecule has 0 aliphatic heterocycles. The zero-order valence-electron chi connectivity index (χ0n) is 23.5. The molecule has 0 aliphatic rings. The van der Waals surface area contributed by atoms with Gasteiger partial charge < -0.3 is 23.7 Å². The lowest BCUT2D eigenvalue weighted by molar-refractivity contribution is -0.153. The molecule has 2 atom stereocenters. The topological polar surface area (TPSA) is 110 Å². The third-order valence-corrected chi connectivity index (χ3v) is 6.33. The van der Waals surface area contributed by atoms with Crippen LogP contribution in [0.3, 0.4) is 0 Å². The Kier molecular flexibility index (Phi) is 10.3. The van der Waals surface area contributed by atoms with Crippen molar-refractivity contribution in [1.82, 2.24) is 4.98 Å². The van der Waals surface area contributed by atoms with Gasteiger partial charge >= 0.3 is 11.9 Å². The zero-order chi connectivity index (χ0) is 30.3. The minimum absolute atomic E-state index is 0.0200. The van der Waals surface area contributed by atoms with Crippen LogP contribution in [0.4, 0.5) is 8.78 Å². The third kappa shape index (κ3) is 7.36. The van der Waals surface area contributed by atoms with E-state index in [0.29, 0.717) is 11.1 Å². The second-order valence-corrected chi connectivity index (χ2v) is 9.22. The smallest absolute Gasteiger partial charge is 0.309 e. The summed E-state index contributed by atoms with van der Waals surface area (Å²) >= 11 is 0. The summed E-state index contributed by atoms with van der Waals surface area (Å²) in [6, 6.07) is 9.85. The first-order valence-corrected chi connectivity index (χ1v) is 12.6. The predicted molar refractivity (Wildman–Crippen MR) is 144 cm³/mol. The summed E-state index contributed by atoms with van der Waals surface area (Å²) in [5, 5.41) is 0. The van der Waals surface area contributed by atoms with Crippen molar-refractivity contribution < 1.29 is 46.8 Å². The molecule has 11 heteroatoms. The van der Waals surface area contributed by atoms with Crippen LogP contribution in [0.1, 0.15) is 54.7 Å². The molecule has 2 aromatic carbocycles. The van der Waals surface area contributed by atoms with Gasteiger partial charge in [-0.25, -0.2) is 13.8 Å². The fourth-order valence-electron chi connectivity index (χ4n) is 4.33. The Bertz CT molecular complexity index is 1370. The maximum atomic E-state index is 14.2. The van der Waals surface area contributed by atoms with Gasteiger partial charge in [-0.2, -0.15) is 0 Å². The van der Waals surface area contributed by atoms with Crippen LogP contribution in [0, 0.1) is 17.6 Å². The SMILES string of the molecule is COc1cc(C(c2ccc(F)c(OC)c2)[C@H](C)OC(=O)[C@H](C)CC(=O)c2nccc(OC)c2OC(C)=O)ccc1F. The van der Waals surface area contributed by atoms with Crippen molar-refractivity contribution in [1.29, 1.82) is 0 Å². The van der Waals surface area contributed by atoms with Gasteiger partial charge in [-0.15, -0.1) is 0 Å². The first-order valence-electron chi connectivity index (χ1n) is 12.6. The van der Waals surface area contributed by atoms with E-state index < -0.39 is 47.3 Å². The molecule has 0 fully saturated rings. The molecule has 41 heavy (non-hydrogen) atoms. The van der Waals surface area contributed by atoms with Crippen LogP contribution in [0.25, 0.3) is 0 Å². The Balaban J connectivity index is 1.87. The van der Waals surface area contributed by atoms with Crippen molar-refractivity contribution >= 4 is 17.7 Å². The highest BCUT2D eigenvalue weighted by Gasteiger charge is 2.30. The number of pyridine rings is 1. The number of methoxy groups -OCH3 is 3. The van der Waals surface area contributed by atoms with Gasteiger partial charge in [-0.05, 0) is 42.3 Å². The van der Waals surface area contributed by atoms with Gasteiger partial charge in [0.1, 0.15) is 6.10 Å². The van der Waals surface area contributed by atoms with Gasteiger partial charge in [-0.1, -0.05) is 19.1 Å². The number of carbonyl (C=O) groups excluding carboxylic acids is 3. The number of carbonyl (C=O) groups is 3. The Labute approximate surface area is 236 Å². The van der Waals surface area contributed by atoms with Crippen LogP contribution >= 0.6 is 0 Å². The number of aromatic nitrogens is 1. The molecule has 0 aliphatic carbocycles. The molecule has 3 aromatic rings. The van der Waals surface area contributed by atoms with E-state index in [1.807, 2.05) is 0 Å². The number of Topliss-reactive ketones (excluding diaryl/α,β-unsaturated/α-hetero) is 1. The van der Waals surface area contributed by atoms with Crippen LogP contribution in [0.2, 0.25) is 0 Å². The van der Waals surface area contributed by atoms with Crippen molar-refractivity contribution in [2.24, 2.45) is 5.92 Å². The Morgan fingerprint density at radius 3 is 1.85 bits per heavy atom. The molecule has 3 rings (SSSR count). The summed E-state index contributed by atoms with van der Waals surface area (Å²) in [7, 11) is 4.00. The normalized spacial score (nSPS) is 12.3. The van der Waals surface area contributed by atoms with E-state index in [2.05, 4.69) is 4.98 Å². The second kappa shape index (κ2) is 13.7. The summed E-state index contributed by atoms with van der Waals surface area (Å²) in [5.41, 5.74) is 0.905. The zero-order valence-corrected chi connectivity index (χ0v) is 23.5. The fourth-order valence-corrected chi connectivity index (χ4v) is 4.33. The van der Waals surface area contributed by atoms with E-state index in [-0.39, 0.29) is 35.1 Å². The van der Waals surface area contributed by atoms with Gasteiger partial charge in [0.15, 0.2) is 40.4 Å². The number of halogens is 2. The average molecular weight is 572 g/mol. The maximum absolute atomic E-state index is 14.2. The highest BCUT2D eigenvalue weighted by Crippen LogP contribution is 2.36. The number of ketones is 1. The summed E-state index contributed by atoms with van der Waals surface area (Å²) in [4.78, 5) is 41.8. The van der Waals surface area contributed by atoms with Gasteiger partial charge in [0, 0.05) is 31.5 Å². The molecule has 218 valence electrons. The van der Waals surface area contributed by atoms with Crippen molar-refractivity contribution in [3.05, 3.63) is 77.1 Å². The van der Waals surface area contributed by atoms with Crippen molar-refractivity contribution in [3.63, 3.8) is 0 Å². The van der Waals surface area contributed by atoms with E-state index in [1.54, 1.807) is 6.92 Å². The summed E-state index contributed by atoms with van der Waals surface area (Å²) in [5.74, 6) is -4.75. The van der Waals surface area contributed by atoms with E-state index in [9.17, 15) is 23.2 Å². The Morgan fingerprint density at radius 2 is 1.37 bits per heavy atom. The minimum atomic E-state index is -0.922. The number of nitrogens with zero attached hydrogens (tertiary/aromatic N) is 1. The monoisotopic (exact) mass is 571 g/mol. The summed E-state index contributed by atoms with van der Waals surface area (Å²) < 4.78 is 54.7. The lowest BCUT2D eigenvalue weighted by Crippen LogP contribution is -2.28. The Morgan fingerprint density at radius 1 is 0.829 bits per heavy atom. The predicted octanol–water partition coefficient (Wildman–Crippen LogP) is 5.28. The number of ether oxygens (including phenoxy) is 5. The molecule has 0 saturated heterocycles. The van der Waals surface area contributed by atoms with Crippen LogP contribution in [0.15, 0.2) is 48.7 Å². The highest BCUT2D eigenvalue weighted by atomic mass is 19.1. The molecule has 0 bridgehead atoms. The van der Waals surface area contributed by atoms with Crippen molar-refractivity contribution in [3.8, 4) is 23.0 Å². The lowest BCUT2D eigenvalue weighted by Gasteiger charge is -2.27. The Hall–Kier alpha value is -4.54. The van der Waals surface area contributed by atoms with E-state index in [0.717, 1.165) is 0 Å². The first-order chi connectivity index (χ1) is 19.5. The molecular weight excluding hydrogens is 540 g/mol.